The summed E-state index contributed by atoms with van der Waals surface area (Å²) in [5.41, 5.74) is 4.01. The number of nitrogens with one attached hydrogen (secondary N) is 1. The molecule has 1 aromatic rings. The van der Waals surface area contributed by atoms with Crippen molar-refractivity contribution in [3.63, 3.8) is 0 Å². The van der Waals surface area contributed by atoms with Gasteiger partial charge in [-0.25, -0.2) is 0 Å². The number of isothiocyanates is 1. The van der Waals surface area contributed by atoms with E-state index in [-0.39, 0.29) is 45.8 Å². The number of rotatable bonds is 17. The lowest BCUT2D eigenvalue weighted by molar-refractivity contribution is -0.140. The summed E-state index contributed by atoms with van der Waals surface area (Å²) in [6.07, 6.45) is -1.10. The minimum Gasteiger partial charge on any atom is -0.481 e. The molecule has 17 heteroatoms. The molecule has 1 saturated heterocycles. The van der Waals surface area contributed by atoms with Crippen LogP contribution in [0.2, 0.25) is 0 Å². The Morgan fingerprint density at radius 3 is 1.62 bits per heavy atom. The van der Waals surface area contributed by atoms with Crippen LogP contribution in [0.3, 0.4) is 0 Å². The van der Waals surface area contributed by atoms with Crippen molar-refractivity contribution < 1.29 is 49.5 Å². The van der Waals surface area contributed by atoms with Crippen molar-refractivity contribution in [2.75, 3.05) is 91.7 Å². The molecule has 0 amide bonds. The zero-order chi connectivity index (χ0) is 33.2. The van der Waals surface area contributed by atoms with Crippen molar-refractivity contribution >= 4 is 46.9 Å². The van der Waals surface area contributed by atoms with Crippen molar-refractivity contribution in [3.05, 3.63) is 29.8 Å². The minimum absolute atomic E-state index is 0.0143. The van der Waals surface area contributed by atoms with E-state index < -0.39 is 35.9 Å². The van der Waals surface area contributed by atoms with Gasteiger partial charge in [0.1, 0.15) is 0 Å². The topological polar surface area (TPSA) is 216 Å². The number of nitrogens with zero attached hydrogens (tertiary/aromatic N) is 5. The van der Waals surface area contributed by atoms with Crippen LogP contribution in [0.25, 0.3) is 0 Å². The number of benzene rings is 1. The van der Waals surface area contributed by atoms with E-state index in [1.54, 1.807) is 39.0 Å². The molecule has 1 aliphatic rings. The summed E-state index contributed by atoms with van der Waals surface area (Å²) in [6, 6.07) is 6.86. The van der Waals surface area contributed by atoms with Crippen LogP contribution in [0.5, 0.6) is 0 Å². The van der Waals surface area contributed by atoms with Crippen LogP contribution in [-0.4, -0.2) is 172 Å². The standard InChI is InChI=1S/C28H42N6O10S/c35-24(14-30-44-19-22(13-25(36)37)21-1-3-23(4-2-21)29-20-45)15-31-5-7-32(16-26(38)39)9-11-34(18-28(42)43)12-10-33(8-6-31)17-27(40)41/h1-4,22,24,30,35H,5-19H2,(H,36,37)(H,38,39)(H,40,41)(H,42,43). The first-order chi connectivity index (χ1) is 21.4. The fourth-order valence-corrected chi connectivity index (χ4v) is 4.95. The molecule has 16 nitrogen and oxygen atoms in total. The van der Waals surface area contributed by atoms with Crippen LogP contribution in [0.15, 0.2) is 29.3 Å². The van der Waals surface area contributed by atoms with Crippen molar-refractivity contribution in [2.24, 2.45) is 4.99 Å². The molecule has 1 fully saturated rings. The fourth-order valence-electron chi connectivity index (χ4n) is 4.84. The summed E-state index contributed by atoms with van der Waals surface area (Å²) in [4.78, 5) is 62.0. The molecule has 2 atom stereocenters. The molecule has 2 unspecified atom stereocenters. The number of β-amino-alcohol motifs (C(OH)–C–C–N with tert-alkyl or cyclic N) is 1. The number of aliphatic hydroxyl groups excluding tert-OH is 1. The van der Waals surface area contributed by atoms with Gasteiger partial charge in [0.2, 0.25) is 0 Å². The Morgan fingerprint density at radius 2 is 1.22 bits per heavy atom. The number of aliphatic carboxylic acids is 4. The van der Waals surface area contributed by atoms with Crippen LogP contribution in [-0.2, 0) is 24.0 Å². The van der Waals surface area contributed by atoms with Crippen LogP contribution in [0, 0.1) is 0 Å². The van der Waals surface area contributed by atoms with Gasteiger partial charge >= 0.3 is 23.9 Å². The third-order valence-corrected chi connectivity index (χ3v) is 7.23. The smallest absolute Gasteiger partial charge is 0.317 e. The molecule has 0 spiro atoms. The van der Waals surface area contributed by atoms with Gasteiger partial charge in [-0.05, 0) is 29.9 Å². The molecule has 45 heavy (non-hydrogen) atoms. The second kappa shape index (κ2) is 20.6. The first kappa shape index (κ1) is 37.8. The van der Waals surface area contributed by atoms with Crippen molar-refractivity contribution in [1.82, 2.24) is 25.1 Å². The van der Waals surface area contributed by atoms with E-state index in [4.69, 9.17) is 4.84 Å². The van der Waals surface area contributed by atoms with Gasteiger partial charge in [-0.2, -0.15) is 10.5 Å². The largest absolute Gasteiger partial charge is 0.481 e. The molecule has 250 valence electrons. The van der Waals surface area contributed by atoms with Gasteiger partial charge in [-0.15, -0.1) is 0 Å². The predicted octanol–water partition coefficient (Wildman–Crippen LogP) is -0.663. The SMILES string of the molecule is O=C(O)CC(CONCC(O)CN1CCN(CC(=O)O)CCN(CC(=O)O)CCN(CC(=O)O)CC1)c1ccc(N=C=S)cc1. The number of aliphatic imine (C=N–C) groups is 1. The lowest BCUT2D eigenvalue weighted by Crippen LogP contribution is -2.50. The molecule has 0 aliphatic carbocycles. The summed E-state index contributed by atoms with van der Waals surface area (Å²) in [5, 5.41) is 50.4. The second-order valence-electron chi connectivity index (χ2n) is 10.7. The molecule has 1 aliphatic heterocycles. The molecule has 0 bridgehead atoms. The molecule has 6 N–H and O–H groups in total. The van der Waals surface area contributed by atoms with E-state index >= 15 is 0 Å². The maximum Gasteiger partial charge on any atom is 0.317 e. The van der Waals surface area contributed by atoms with Gasteiger partial charge in [0.05, 0.1) is 49.6 Å². The fraction of sp³-hybridized carbons (Fsp3) is 0.607. The van der Waals surface area contributed by atoms with Gasteiger partial charge in [0.15, 0.2) is 0 Å². The molecular formula is C28H42N6O10S. The van der Waals surface area contributed by atoms with E-state index in [1.165, 1.54) is 0 Å². The Hall–Kier alpha value is -3.38. The van der Waals surface area contributed by atoms with Crippen molar-refractivity contribution in [1.29, 1.82) is 0 Å². The van der Waals surface area contributed by atoms with Gasteiger partial charge in [0, 0.05) is 71.4 Å². The van der Waals surface area contributed by atoms with Crippen LogP contribution >= 0.6 is 12.2 Å². The van der Waals surface area contributed by atoms with E-state index in [1.807, 2.05) is 4.90 Å². The zero-order valence-electron chi connectivity index (χ0n) is 25.0. The second-order valence-corrected chi connectivity index (χ2v) is 10.9. The van der Waals surface area contributed by atoms with E-state index in [2.05, 4.69) is 27.9 Å². The average molecular weight is 655 g/mol. The summed E-state index contributed by atoms with van der Waals surface area (Å²) >= 11 is 4.60. The van der Waals surface area contributed by atoms with E-state index in [0.29, 0.717) is 58.0 Å². The van der Waals surface area contributed by atoms with Gasteiger partial charge in [0.25, 0.3) is 0 Å². The number of thiocarbonyl (C=S) groups is 1. The summed E-state index contributed by atoms with van der Waals surface area (Å²) in [7, 11) is 0. The number of hydrogen-bond acceptors (Lipinski definition) is 13. The van der Waals surface area contributed by atoms with Gasteiger partial charge < -0.3 is 30.4 Å². The van der Waals surface area contributed by atoms with Crippen molar-refractivity contribution in [2.45, 2.75) is 18.4 Å². The highest BCUT2D eigenvalue weighted by atomic mass is 32.1. The number of hydroxylamine groups is 1. The van der Waals surface area contributed by atoms with Crippen LogP contribution in [0.1, 0.15) is 17.9 Å². The van der Waals surface area contributed by atoms with Crippen LogP contribution in [0.4, 0.5) is 5.69 Å². The van der Waals surface area contributed by atoms with Crippen molar-refractivity contribution in [3.8, 4) is 0 Å². The Morgan fingerprint density at radius 1 is 0.778 bits per heavy atom. The van der Waals surface area contributed by atoms with Gasteiger partial charge in [-0.3, -0.25) is 38.8 Å². The number of hydrogen-bond donors (Lipinski definition) is 6. The molecule has 0 saturated carbocycles. The van der Waals surface area contributed by atoms with Crippen LogP contribution < -0.4 is 5.48 Å². The highest BCUT2D eigenvalue weighted by molar-refractivity contribution is 7.78. The first-order valence-corrected chi connectivity index (χ1v) is 14.8. The van der Waals surface area contributed by atoms with E-state index in [9.17, 15) is 44.7 Å². The molecule has 1 aromatic carbocycles. The Kier molecular flexibility index (Phi) is 17.3. The van der Waals surface area contributed by atoms with Gasteiger partial charge in [-0.1, -0.05) is 12.1 Å². The summed E-state index contributed by atoms with van der Waals surface area (Å²) < 4.78 is 0. The molecule has 2 rings (SSSR count). The molecule has 1 heterocycles. The lowest BCUT2D eigenvalue weighted by atomic mass is 9.96. The monoisotopic (exact) mass is 654 g/mol. The molecular weight excluding hydrogens is 612 g/mol. The first-order valence-electron chi connectivity index (χ1n) is 14.4. The highest BCUT2D eigenvalue weighted by Gasteiger charge is 2.22. The third-order valence-electron chi connectivity index (χ3n) is 7.14. The Labute approximate surface area is 266 Å². The number of carbonyl (C=O) groups is 4. The number of carboxylic acid groups (broad SMARTS) is 4. The summed E-state index contributed by atoms with van der Waals surface area (Å²) in [6.45, 7) is 2.05. The highest BCUT2D eigenvalue weighted by Crippen LogP contribution is 2.23. The number of aliphatic hydroxyl groups is 1. The summed E-state index contributed by atoms with van der Waals surface area (Å²) in [5.74, 6) is -4.54. The Bertz CT molecular complexity index is 1120. The average Bonchev–Trinajstić information content (AvgIpc) is 2.95. The third kappa shape index (κ3) is 16.5. The Balaban J connectivity index is 2.00. The molecule has 0 radical (unpaired) electrons. The normalized spacial score (nSPS) is 17.7. The zero-order valence-corrected chi connectivity index (χ0v) is 25.8. The maximum absolute atomic E-state index is 11.5. The minimum atomic E-state index is -1.03. The van der Waals surface area contributed by atoms with E-state index in [0.717, 1.165) is 5.56 Å². The maximum atomic E-state index is 11.5. The quantitative estimate of drug-likeness (QED) is 0.0532. The lowest BCUT2D eigenvalue weighted by Gasteiger charge is -2.33. The predicted molar refractivity (Wildman–Crippen MR) is 165 cm³/mol. The number of carboxylic acids is 4. The molecule has 0 aromatic heterocycles.